The van der Waals surface area contributed by atoms with E-state index in [1.54, 1.807) is 18.2 Å². The van der Waals surface area contributed by atoms with Crippen LogP contribution in [0.1, 0.15) is 38.5 Å². The molecule has 0 atom stereocenters. The number of carboxylic acid groups (broad SMARTS) is 1. The van der Waals surface area contributed by atoms with Gasteiger partial charge in [0.05, 0.1) is 10.4 Å². The Morgan fingerprint density at radius 1 is 1.29 bits per heavy atom. The molecule has 0 spiro atoms. The Bertz CT molecular complexity index is 556. The highest BCUT2D eigenvalue weighted by Gasteiger charge is 2.41. The summed E-state index contributed by atoms with van der Waals surface area (Å²) in [5.74, 6) is -1.14. The Labute approximate surface area is 137 Å². The van der Waals surface area contributed by atoms with Crippen molar-refractivity contribution in [3.8, 4) is 0 Å². The number of rotatable bonds is 4. The summed E-state index contributed by atoms with van der Waals surface area (Å²) in [7, 11) is 0. The molecule has 1 aliphatic rings. The Morgan fingerprint density at radius 3 is 2.52 bits per heavy atom. The molecule has 1 aromatic carbocycles. The quantitative estimate of drug-likeness (QED) is 0.817. The number of anilines is 1. The number of nitrogens with one attached hydrogen (secondary N) is 1. The van der Waals surface area contributed by atoms with E-state index in [2.05, 4.69) is 21.2 Å². The van der Waals surface area contributed by atoms with Crippen molar-refractivity contribution in [1.29, 1.82) is 0 Å². The van der Waals surface area contributed by atoms with Crippen LogP contribution in [-0.2, 0) is 9.59 Å². The first-order valence-corrected chi connectivity index (χ1v) is 8.08. The fourth-order valence-electron chi connectivity index (χ4n) is 2.78. The van der Waals surface area contributed by atoms with Crippen LogP contribution in [0.15, 0.2) is 22.7 Å². The number of carbonyl (C=O) groups is 2. The van der Waals surface area contributed by atoms with Crippen molar-refractivity contribution >= 4 is 45.1 Å². The molecule has 4 nitrogen and oxygen atoms in total. The van der Waals surface area contributed by atoms with Crippen LogP contribution in [-0.4, -0.2) is 17.0 Å². The lowest BCUT2D eigenvalue weighted by Crippen LogP contribution is -2.37. The third-order valence-corrected chi connectivity index (χ3v) is 5.18. The van der Waals surface area contributed by atoms with Gasteiger partial charge in [0.25, 0.3) is 0 Å². The number of carboxylic acids is 1. The van der Waals surface area contributed by atoms with E-state index in [1.807, 2.05) is 0 Å². The van der Waals surface area contributed by atoms with Gasteiger partial charge in [0.15, 0.2) is 0 Å². The molecule has 0 aromatic heterocycles. The second-order valence-corrected chi connectivity index (χ2v) is 6.76. The van der Waals surface area contributed by atoms with E-state index in [0.29, 0.717) is 28.0 Å². The van der Waals surface area contributed by atoms with Gasteiger partial charge in [0.1, 0.15) is 0 Å². The molecule has 0 aliphatic heterocycles. The third kappa shape index (κ3) is 3.98. The third-order valence-electron chi connectivity index (χ3n) is 3.97. The van der Waals surface area contributed by atoms with Crippen molar-refractivity contribution < 1.29 is 14.7 Å². The van der Waals surface area contributed by atoms with E-state index in [0.717, 1.165) is 19.3 Å². The molecule has 2 N–H and O–H groups in total. The van der Waals surface area contributed by atoms with Crippen LogP contribution in [0.2, 0.25) is 5.02 Å². The molecule has 0 heterocycles. The second-order valence-electron chi connectivity index (χ2n) is 5.50. The number of hydrogen-bond donors (Lipinski definition) is 2. The number of hydrogen-bond acceptors (Lipinski definition) is 2. The fourth-order valence-corrected chi connectivity index (χ4v) is 3.28. The van der Waals surface area contributed by atoms with Crippen molar-refractivity contribution in [3.05, 3.63) is 27.7 Å². The maximum Gasteiger partial charge on any atom is 0.310 e. The lowest BCUT2D eigenvalue weighted by atomic mass is 9.71. The zero-order valence-electron chi connectivity index (χ0n) is 11.5. The maximum atomic E-state index is 12.2. The molecular weight excluding hydrogens is 358 g/mol. The molecule has 1 amide bonds. The normalized spacial score (nSPS) is 17.2. The highest BCUT2D eigenvalue weighted by molar-refractivity contribution is 9.10. The van der Waals surface area contributed by atoms with Gasteiger partial charge < -0.3 is 10.4 Å². The monoisotopic (exact) mass is 373 g/mol. The van der Waals surface area contributed by atoms with Crippen molar-refractivity contribution in [1.82, 2.24) is 0 Å². The first-order chi connectivity index (χ1) is 9.93. The molecule has 1 fully saturated rings. The summed E-state index contributed by atoms with van der Waals surface area (Å²) in [6.07, 6.45) is 3.93. The summed E-state index contributed by atoms with van der Waals surface area (Å²) in [5, 5.41) is 12.8. The van der Waals surface area contributed by atoms with Crippen molar-refractivity contribution in [2.45, 2.75) is 38.5 Å². The van der Waals surface area contributed by atoms with Gasteiger partial charge in [-0.05, 0) is 47.0 Å². The van der Waals surface area contributed by atoms with Crippen LogP contribution in [0.5, 0.6) is 0 Å². The summed E-state index contributed by atoms with van der Waals surface area (Å²) in [4.78, 5) is 23.7. The lowest BCUT2D eigenvalue weighted by Gasteiger charge is -2.32. The zero-order chi connectivity index (χ0) is 15.5. The second kappa shape index (κ2) is 6.79. The minimum absolute atomic E-state index is 0.0164. The summed E-state index contributed by atoms with van der Waals surface area (Å²) in [6, 6.07) is 5.07. The molecule has 1 aromatic rings. The lowest BCUT2D eigenvalue weighted by molar-refractivity contribution is -0.153. The van der Waals surface area contributed by atoms with E-state index < -0.39 is 11.4 Å². The minimum atomic E-state index is -0.911. The Hall–Kier alpha value is -1.07. The van der Waals surface area contributed by atoms with E-state index in [-0.39, 0.29) is 12.3 Å². The summed E-state index contributed by atoms with van der Waals surface area (Å²) >= 11 is 9.19. The molecule has 1 aliphatic carbocycles. The highest BCUT2D eigenvalue weighted by Crippen LogP contribution is 2.40. The largest absolute Gasteiger partial charge is 0.481 e. The number of carbonyl (C=O) groups excluding carboxylic acids is 1. The number of aliphatic carboxylic acids is 1. The molecule has 114 valence electrons. The van der Waals surface area contributed by atoms with Crippen LogP contribution in [0, 0.1) is 5.41 Å². The van der Waals surface area contributed by atoms with Gasteiger partial charge in [-0.1, -0.05) is 30.9 Å². The van der Waals surface area contributed by atoms with Gasteiger partial charge in [-0.2, -0.15) is 0 Å². The van der Waals surface area contributed by atoms with Crippen LogP contribution >= 0.6 is 27.5 Å². The smallest absolute Gasteiger partial charge is 0.310 e. The van der Waals surface area contributed by atoms with Gasteiger partial charge >= 0.3 is 5.97 Å². The molecule has 1 saturated carbocycles. The van der Waals surface area contributed by atoms with Gasteiger partial charge in [-0.3, -0.25) is 9.59 Å². The maximum absolute atomic E-state index is 12.2. The summed E-state index contributed by atoms with van der Waals surface area (Å²) in [5.41, 5.74) is -0.306. The number of halogens is 2. The molecule has 6 heteroatoms. The number of benzene rings is 1. The van der Waals surface area contributed by atoms with E-state index >= 15 is 0 Å². The molecule has 21 heavy (non-hydrogen) atoms. The topological polar surface area (TPSA) is 66.4 Å². The first kappa shape index (κ1) is 16.3. The van der Waals surface area contributed by atoms with Crippen LogP contribution in [0.3, 0.4) is 0 Å². The average Bonchev–Trinajstić information content (AvgIpc) is 2.43. The Balaban J connectivity index is 2.05. The predicted molar refractivity (Wildman–Crippen MR) is 85.6 cm³/mol. The molecule has 2 rings (SSSR count). The SMILES string of the molecule is O=C(CC1(C(=O)O)CCCCC1)Nc1ccc(Cl)c(Br)c1. The Morgan fingerprint density at radius 2 is 1.95 bits per heavy atom. The van der Waals surface area contributed by atoms with Gasteiger partial charge in [-0.15, -0.1) is 0 Å². The van der Waals surface area contributed by atoms with Crippen LogP contribution in [0.25, 0.3) is 0 Å². The average molecular weight is 375 g/mol. The first-order valence-electron chi connectivity index (χ1n) is 6.91. The zero-order valence-corrected chi connectivity index (χ0v) is 13.8. The predicted octanol–water partition coefficient (Wildman–Crippen LogP) is 4.47. The van der Waals surface area contributed by atoms with Crippen molar-refractivity contribution in [3.63, 3.8) is 0 Å². The van der Waals surface area contributed by atoms with E-state index in [4.69, 9.17) is 11.6 Å². The fraction of sp³-hybridized carbons (Fsp3) is 0.467. The van der Waals surface area contributed by atoms with E-state index in [1.165, 1.54) is 0 Å². The standard InChI is InChI=1S/C15H17BrClNO3/c16-11-8-10(4-5-12(11)17)18-13(19)9-15(14(20)21)6-2-1-3-7-15/h4-5,8H,1-3,6-7,9H2,(H,18,19)(H,20,21). The molecule has 0 bridgehead atoms. The molecule has 0 saturated heterocycles. The van der Waals surface area contributed by atoms with Gasteiger partial charge in [-0.25, -0.2) is 0 Å². The summed E-state index contributed by atoms with van der Waals surface area (Å²) < 4.78 is 0.688. The van der Waals surface area contributed by atoms with Crippen molar-refractivity contribution in [2.75, 3.05) is 5.32 Å². The van der Waals surface area contributed by atoms with E-state index in [9.17, 15) is 14.7 Å². The Kier molecular flexibility index (Phi) is 5.27. The summed E-state index contributed by atoms with van der Waals surface area (Å²) in [6.45, 7) is 0. The van der Waals surface area contributed by atoms with Gasteiger partial charge in [0.2, 0.25) is 5.91 Å². The molecule has 0 unspecified atom stereocenters. The van der Waals surface area contributed by atoms with Crippen molar-refractivity contribution in [2.24, 2.45) is 5.41 Å². The van der Waals surface area contributed by atoms with Gasteiger partial charge in [0, 0.05) is 16.6 Å². The van der Waals surface area contributed by atoms with Crippen LogP contribution in [0.4, 0.5) is 5.69 Å². The number of amides is 1. The van der Waals surface area contributed by atoms with Crippen LogP contribution < -0.4 is 5.32 Å². The highest BCUT2D eigenvalue weighted by atomic mass is 79.9. The minimum Gasteiger partial charge on any atom is -0.481 e. The molecular formula is C15H17BrClNO3. The molecule has 0 radical (unpaired) electrons.